The van der Waals surface area contributed by atoms with Gasteiger partial charge in [-0.1, -0.05) is 48.5 Å². The van der Waals surface area contributed by atoms with Crippen molar-refractivity contribution in [2.24, 2.45) is 0 Å². The molecule has 1 heterocycles. The lowest BCUT2D eigenvalue weighted by Crippen LogP contribution is -2.23. The number of benzene rings is 3. The Hall–Kier alpha value is -3.02. The predicted molar refractivity (Wildman–Crippen MR) is 126 cm³/mol. The number of carbonyl (C=O) groups excluding carboxylic acids is 1. The zero-order chi connectivity index (χ0) is 21.5. The highest BCUT2D eigenvalue weighted by Gasteiger charge is 2.17. The van der Waals surface area contributed by atoms with Gasteiger partial charge in [0.1, 0.15) is 24.7 Å². The van der Waals surface area contributed by atoms with E-state index < -0.39 is 6.10 Å². The van der Waals surface area contributed by atoms with Gasteiger partial charge in [-0.3, -0.25) is 4.79 Å². The van der Waals surface area contributed by atoms with E-state index in [4.69, 9.17) is 14.2 Å². The van der Waals surface area contributed by atoms with Crippen LogP contribution in [0.15, 0.2) is 72.8 Å². The Morgan fingerprint density at radius 1 is 0.969 bits per heavy atom. The van der Waals surface area contributed by atoms with Gasteiger partial charge in [0.25, 0.3) is 0 Å². The fourth-order valence-electron chi connectivity index (χ4n) is 3.61. The van der Waals surface area contributed by atoms with Crippen molar-refractivity contribution in [3.8, 4) is 11.5 Å². The van der Waals surface area contributed by atoms with E-state index in [1.54, 1.807) is 0 Å². The molecule has 3 aromatic carbocycles. The van der Waals surface area contributed by atoms with E-state index in [1.165, 1.54) is 18.1 Å². The van der Waals surface area contributed by atoms with Crippen molar-refractivity contribution < 1.29 is 19.0 Å². The van der Waals surface area contributed by atoms with Crippen molar-refractivity contribution in [1.29, 1.82) is 0 Å². The maximum absolute atomic E-state index is 11.4. The Morgan fingerprint density at radius 2 is 1.72 bits per heavy atom. The molecule has 0 aromatic heterocycles. The molecule has 0 fully saturated rings. The maximum Gasteiger partial charge on any atom is 0.302 e. The number of esters is 1. The third kappa shape index (κ3) is 6.49. The maximum atomic E-state index is 11.4. The Kier molecular flexibility index (Phi) is 8.54. The molecule has 4 rings (SSSR count). The quantitative estimate of drug-likeness (QED) is 0.485. The van der Waals surface area contributed by atoms with Gasteiger partial charge in [0.15, 0.2) is 6.10 Å². The molecule has 0 spiro atoms. The van der Waals surface area contributed by atoms with Crippen molar-refractivity contribution in [1.82, 2.24) is 5.32 Å². The summed E-state index contributed by atoms with van der Waals surface area (Å²) in [5.41, 5.74) is 4.64. The Balaban J connectivity index is 0.00000289. The summed E-state index contributed by atoms with van der Waals surface area (Å²) in [7, 11) is 0. The molecule has 1 unspecified atom stereocenters. The Morgan fingerprint density at radius 3 is 2.47 bits per heavy atom. The summed E-state index contributed by atoms with van der Waals surface area (Å²) in [4.78, 5) is 11.4. The van der Waals surface area contributed by atoms with Crippen LogP contribution < -0.4 is 14.8 Å². The van der Waals surface area contributed by atoms with Crippen LogP contribution in [0.3, 0.4) is 0 Å². The second kappa shape index (κ2) is 11.6. The average molecular weight is 454 g/mol. The zero-order valence-electron chi connectivity index (χ0n) is 18.1. The van der Waals surface area contributed by atoms with Gasteiger partial charge in [0.2, 0.25) is 0 Å². The number of ether oxygens (including phenoxy) is 3. The first kappa shape index (κ1) is 23.6. The standard InChI is InChI=1S/C26H27NO4.ClH/c1-19(28)29-18-26(31-25-12-7-21-13-14-27-16-23(21)15-25)22-8-10-24(11-9-22)30-17-20-5-3-2-4-6-20;/h2-12,15,26-27H,13-14,16-18H2,1H3;1H. The molecule has 0 bridgehead atoms. The number of nitrogens with one attached hydrogen (secondary N) is 1. The molecule has 1 N–H and O–H groups in total. The zero-order valence-corrected chi connectivity index (χ0v) is 18.9. The summed E-state index contributed by atoms with van der Waals surface area (Å²) in [6.45, 7) is 3.91. The van der Waals surface area contributed by atoms with E-state index in [2.05, 4.69) is 17.4 Å². The van der Waals surface area contributed by atoms with E-state index in [-0.39, 0.29) is 25.0 Å². The van der Waals surface area contributed by atoms with E-state index in [1.807, 2.05) is 60.7 Å². The van der Waals surface area contributed by atoms with Crippen molar-refractivity contribution in [2.45, 2.75) is 32.6 Å². The van der Waals surface area contributed by atoms with Crippen LogP contribution >= 0.6 is 12.4 Å². The summed E-state index contributed by atoms with van der Waals surface area (Å²) < 4.78 is 17.4. The lowest BCUT2D eigenvalue weighted by Gasteiger charge is -2.22. The van der Waals surface area contributed by atoms with Gasteiger partial charge in [-0.15, -0.1) is 12.4 Å². The average Bonchev–Trinajstić information content (AvgIpc) is 2.81. The lowest BCUT2D eigenvalue weighted by atomic mass is 10.0. The van der Waals surface area contributed by atoms with E-state index in [0.29, 0.717) is 6.61 Å². The smallest absolute Gasteiger partial charge is 0.302 e. The number of fused-ring (bicyclic) bond motifs is 1. The number of halogens is 1. The second-order valence-electron chi connectivity index (χ2n) is 7.61. The Bertz CT molecular complexity index is 1010. The minimum atomic E-state index is -0.401. The molecule has 1 atom stereocenters. The van der Waals surface area contributed by atoms with E-state index >= 15 is 0 Å². The van der Waals surface area contributed by atoms with Crippen LogP contribution in [0, 0.1) is 0 Å². The van der Waals surface area contributed by atoms with Crippen LogP contribution in [0.5, 0.6) is 11.5 Å². The first-order chi connectivity index (χ1) is 15.2. The van der Waals surface area contributed by atoms with Crippen molar-refractivity contribution >= 4 is 18.4 Å². The lowest BCUT2D eigenvalue weighted by molar-refractivity contribution is -0.143. The summed E-state index contributed by atoms with van der Waals surface area (Å²) in [6.07, 6.45) is 0.624. The number of hydrogen-bond acceptors (Lipinski definition) is 5. The summed E-state index contributed by atoms with van der Waals surface area (Å²) in [5, 5.41) is 3.38. The van der Waals surface area contributed by atoms with Gasteiger partial charge >= 0.3 is 5.97 Å². The van der Waals surface area contributed by atoms with Gasteiger partial charge in [0.05, 0.1) is 0 Å². The molecular weight excluding hydrogens is 426 g/mol. The molecule has 0 amide bonds. The molecule has 1 aliphatic heterocycles. The fourth-order valence-corrected chi connectivity index (χ4v) is 3.61. The van der Waals surface area contributed by atoms with Crippen LogP contribution in [0.1, 0.15) is 35.3 Å². The molecule has 0 radical (unpaired) electrons. The monoisotopic (exact) mass is 453 g/mol. The molecule has 1 aliphatic rings. The number of rotatable bonds is 8. The van der Waals surface area contributed by atoms with Crippen molar-refractivity contribution in [2.75, 3.05) is 13.2 Å². The molecular formula is C26H28ClNO4. The van der Waals surface area contributed by atoms with Gasteiger partial charge < -0.3 is 19.5 Å². The molecule has 168 valence electrons. The van der Waals surface area contributed by atoms with Gasteiger partial charge in [0, 0.05) is 13.5 Å². The van der Waals surface area contributed by atoms with Crippen LogP contribution in [0.4, 0.5) is 0 Å². The minimum Gasteiger partial charge on any atom is -0.489 e. The predicted octanol–water partition coefficient (Wildman–Crippen LogP) is 5.02. The topological polar surface area (TPSA) is 56.8 Å². The SMILES string of the molecule is CC(=O)OCC(Oc1ccc2c(c1)CNCC2)c1ccc(OCc2ccccc2)cc1.Cl. The van der Waals surface area contributed by atoms with Crippen molar-refractivity contribution in [3.05, 3.63) is 95.1 Å². The minimum absolute atomic E-state index is 0. The van der Waals surface area contributed by atoms with E-state index in [9.17, 15) is 4.79 Å². The fraction of sp³-hybridized carbons (Fsp3) is 0.269. The second-order valence-corrected chi connectivity index (χ2v) is 7.61. The summed E-state index contributed by atoms with van der Waals surface area (Å²) in [5.74, 6) is 1.22. The highest BCUT2D eigenvalue weighted by atomic mass is 35.5. The summed E-state index contributed by atoms with van der Waals surface area (Å²) in [6, 6.07) is 24.0. The van der Waals surface area contributed by atoms with Crippen LogP contribution in [-0.2, 0) is 29.1 Å². The molecule has 5 nitrogen and oxygen atoms in total. The number of carbonyl (C=O) groups is 1. The number of hydrogen-bond donors (Lipinski definition) is 1. The molecule has 0 aliphatic carbocycles. The van der Waals surface area contributed by atoms with Crippen LogP contribution in [0.2, 0.25) is 0 Å². The van der Waals surface area contributed by atoms with Gasteiger partial charge in [-0.05, 0) is 59.5 Å². The van der Waals surface area contributed by atoms with E-state index in [0.717, 1.165) is 42.1 Å². The molecule has 0 saturated heterocycles. The van der Waals surface area contributed by atoms with Gasteiger partial charge in [-0.25, -0.2) is 0 Å². The normalized spacial score (nSPS) is 13.3. The first-order valence-corrected chi connectivity index (χ1v) is 10.6. The van der Waals surface area contributed by atoms with Crippen LogP contribution in [-0.4, -0.2) is 19.1 Å². The Labute approximate surface area is 195 Å². The molecule has 32 heavy (non-hydrogen) atoms. The largest absolute Gasteiger partial charge is 0.489 e. The van der Waals surface area contributed by atoms with Gasteiger partial charge in [-0.2, -0.15) is 0 Å². The first-order valence-electron chi connectivity index (χ1n) is 10.6. The van der Waals surface area contributed by atoms with Crippen LogP contribution in [0.25, 0.3) is 0 Å². The van der Waals surface area contributed by atoms with Crippen molar-refractivity contribution in [3.63, 3.8) is 0 Å². The highest BCUT2D eigenvalue weighted by molar-refractivity contribution is 5.85. The molecule has 3 aromatic rings. The highest BCUT2D eigenvalue weighted by Crippen LogP contribution is 2.27. The summed E-state index contributed by atoms with van der Waals surface area (Å²) >= 11 is 0. The third-order valence-corrected chi connectivity index (χ3v) is 5.28. The molecule has 6 heteroatoms. The molecule has 0 saturated carbocycles. The third-order valence-electron chi connectivity index (χ3n) is 5.28.